The average molecular weight is 318 g/mol. The van der Waals surface area contributed by atoms with Gasteiger partial charge in [-0.25, -0.2) is 13.8 Å². The molecule has 0 fully saturated rings. The molecule has 0 bridgehead atoms. The zero-order valence-corrected chi connectivity index (χ0v) is 12.5. The molecule has 0 N–H and O–H groups in total. The van der Waals surface area contributed by atoms with Crippen molar-refractivity contribution in [3.05, 3.63) is 59.4 Å². The summed E-state index contributed by atoms with van der Waals surface area (Å²) in [6, 6.07) is 9.50. The van der Waals surface area contributed by atoms with Crippen molar-refractivity contribution < 1.29 is 13.5 Å². The summed E-state index contributed by atoms with van der Waals surface area (Å²) < 4.78 is 35.3. The maximum Gasteiger partial charge on any atom is 0.132 e. The van der Waals surface area contributed by atoms with E-state index < -0.39 is 17.0 Å². The largest absolute Gasteiger partial charge is 0.497 e. The zero-order chi connectivity index (χ0) is 15.3. The van der Waals surface area contributed by atoms with Crippen LogP contribution in [0.5, 0.6) is 5.75 Å². The molecule has 0 radical (unpaired) electrons. The Morgan fingerprint density at radius 1 is 1.23 bits per heavy atom. The summed E-state index contributed by atoms with van der Waals surface area (Å²) in [6.45, 7) is 0. The standard InChI is InChI=1S/C16H12F2N2OS/c1-21-9-5-6-13-12(7-9)19-14-8-22-16(20(13)14)15-10(17)3-2-4-11(15)18/h2-7,16H,8H2,1H3. The zero-order valence-electron chi connectivity index (χ0n) is 11.7. The van der Waals surface area contributed by atoms with Crippen molar-refractivity contribution in [3.8, 4) is 5.75 Å². The van der Waals surface area contributed by atoms with Gasteiger partial charge in [-0.1, -0.05) is 6.07 Å². The van der Waals surface area contributed by atoms with Crippen LogP contribution >= 0.6 is 11.8 Å². The van der Waals surface area contributed by atoms with Gasteiger partial charge in [-0.05, 0) is 24.3 Å². The van der Waals surface area contributed by atoms with Crippen LogP contribution in [0.25, 0.3) is 11.0 Å². The molecule has 2 heterocycles. The van der Waals surface area contributed by atoms with Crippen LogP contribution in [0.2, 0.25) is 0 Å². The van der Waals surface area contributed by atoms with Crippen LogP contribution in [0.3, 0.4) is 0 Å². The number of rotatable bonds is 2. The molecule has 3 nitrogen and oxygen atoms in total. The Morgan fingerprint density at radius 3 is 2.73 bits per heavy atom. The maximum atomic E-state index is 14.1. The molecule has 1 aromatic heterocycles. The molecule has 6 heteroatoms. The van der Waals surface area contributed by atoms with Crippen molar-refractivity contribution in [2.45, 2.75) is 11.1 Å². The maximum absolute atomic E-state index is 14.1. The van der Waals surface area contributed by atoms with Crippen LogP contribution in [0.15, 0.2) is 36.4 Å². The third kappa shape index (κ3) is 1.90. The predicted octanol–water partition coefficient (Wildman–Crippen LogP) is 4.12. The van der Waals surface area contributed by atoms with E-state index in [2.05, 4.69) is 4.98 Å². The average Bonchev–Trinajstić information content (AvgIpc) is 3.06. The first-order valence-corrected chi connectivity index (χ1v) is 7.84. The number of halogens is 2. The van der Waals surface area contributed by atoms with Gasteiger partial charge in [0.15, 0.2) is 0 Å². The predicted molar refractivity (Wildman–Crippen MR) is 82.1 cm³/mol. The summed E-state index contributed by atoms with van der Waals surface area (Å²) in [5.41, 5.74) is 1.71. The molecule has 0 saturated heterocycles. The van der Waals surface area contributed by atoms with Gasteiger partial charge in [-0.2, -0.15) is 0 Å². The van der Waals surface area contributed by atoms with E-state index >= 15 is 0 Å². The van der Waals surface area contributed by atoms with Gasteiger partial charge < -0.3 is 9.30 Å². The normalized spacial score (nSPS) is 17.0. The lowest BCUT2D eigenvalue weighted by atomic mass is 10.2. The fourth-order valence-corrected chi connectivity index (χ4v) is 4.09. The molecule has 0 aliphatic carbocycles. The Hall–Kier alpha value is -2.08. The van der Waals surface area contributed by atoms with E-state index in [0.29, 0.717) is 11.5 Å². The van der Waals surface area contributed by atoms with Crippen LogP contribution in [-0.4, -0.2) is 16.7 Å². The minimum Gasteiger partial charge on any atom is -0.497 e. The van der Waals surface area contributed by atoms with E-state index in [9.17, 15) is 8.78 Å². The number of aromatic nitrogens is 2. The SMILES string of the molecule is COc1ccc2c(c1)nc1n2C(c2c(F)cccc2F)SC1. The number of benzene rings is 2. The van der Waals surface area contributed by atoms with Gasteiger partial charge in [-0.15, -0.1) is 11.8 Å². The summed E-state index contributed by atoms with van der Waals surface area (Å²) in [5, 5.41) is -0.436. The number of hydrogen-bond donors (Lipinski definition) is 0. The molecule has 0 saturated carbocycles. The first-order chi connectivity index (χ1) is 10.7. The van der Waals surface area contributed by atoms with Crippen LogP contribution < -0.4 is 4.74 Å². The van der Waals surface area contributed by atoms with Gasteiger partial charge in [-0.3, -0.25) is 0 Å². The summed E-state index contributed by atoms with van der Waals surface area (Å²) in [4.78, 5) is 4.55. The highest BCUT2D eigenvalue weighted by atomic mass is 32.2. The highest BCUT2D eigenvalue weighted by Gasteiger charge is 2.31. The quantitative estimate of drug-likeness (QED) is 0.711. The second-order valence-electron chi connectivity index (χ2n) is 5.05. The van der Waals surface area contributed by atoms with E-state index in [-0.39, 0.29) is 5.56 Å². The minimum atomic E-state index is -0.527. The molecule has 1 aliphatic rings. The van der Waals surface area contributed by atoms with E-state index in [0.717, 1.165) is 16.9 Å². The number of fused-ring (bicyclic) bond motifs is 3. The molecule has 3 aromatic rings. The Labute approximate surface area is 129 Å². The highest BCUT2D eigenvalue weighted by molar-refractivity contribution is 7.99. The number of imidazole rings is 1. The number of ether oxygens (including phenoxy) is 1. The summed E-state index contributed by atoms with van der Waals surface area (Å²) >= 11 is 1.47. The molecule has 22 heavy (non-hydrogen) atoms. The number of nitrogens with zero attached hydrogens (tertiary/aromatic N) is 2. The monoisotopic (exact) mass is 318 g/mol. The summed E-state index contributed by atoms with van der Waals surface area (Å²) in [7, 11) is 1.60. The number of hydrogen-bond acceptors (Lipinski definition) is 3. The van der Waals surface area contributed by atoms with Crippen molar-refractivity contribution in [1.82, 2.24) is 9.55 Å². The lowest BCUT2D eigenvalue weighted by Gasteiger charge is -2.15. The topological polar surface area (TPSA) is 27.1 Å². The van der Waals surface area contributed by atoms with E-state index in [1.54, 1.807) is 7.11 Å². The molecule has 112 valence electrons. The van der Waals surface area contributed by atoms with E-state index in [4.69, 9.17) is 4.74 Å². The Balaban J connectivity index is 1.92. The van der Waals surface area contributed by atoms with Gasteiger partial charge in [0.25, 0.3) is 0 Å². The Morgan fingerprint density at radius 2 is 2.00 bits per heavy atom. The van der Waals surface area contributed by atoms with Crippen molar-refractivity contribution >= 4 is 22.8 Å². The van der Waals surface area contributed by atoms with Gasteiger partial charge >= 0.3 is 0 Å². The smallest absolute Gasteiger partial charge is 0.132 e. The van der Waals surface area contributed by atoms with Gasteiger partial charge in [0.1, 0.15) is 28.6 Å². The second kappa shape index (κ2) is 4.98. The molecule has 2 aromatic carbocycles. The van der Waals surface area contributed by atoms with Gasteiger partial charge in [0.2, 0.25) is 0 Å². The van der Waals surface area contributed by atoms with Crippen LogP contribution in [-0.2, 0) is 5.75 Å². The second-order valence-corrected chi connectivity index (χ2v) is 6.12. The first kappa shape index (κ1) is 13.6. The van der Waals surface area contributed by atoms with Crippen LogP contribution in [0.4, 0.5) is 8.78 Å². The lowest BCUT2D eigenvalue weighted by Crippen LogP contribution is -2.08. The summed E-state index contributed by atoms with van der Waals surface area (Å²) in [5.74, 6) is 1.10. The number of thioether (sulfide) groups is 1. The Bertz CT molecular complexity index is 858. The fraction of sp³-hybridized carbons (Fsp3) is 0.188. The summed E-state index contributed by atoms with van der Waals surface area (Å²) in [6.07, 6.45) is 0. The molecule has 1 unspecified atom stereocenters. The van der Waals surface area contributed by atoms with Crippen LogP contribution in [0.1, 0.15) is 16.8 Å². The van der Waals surface area contributed by atoms with Crippen molar-refractivity contribution in [2.24, 2.45) is 0 Å². The molecule has 1 atom stereocenters. The van der Waals surface area contributed by atoms with Crippen molar-refractivity contribution in [3.63, 3.8) is 0 Å². The Kier molecular flexibility index (Phi) is 3.07. The van der Waals surface area contributed by atoms with E-state index in [1.807, 2.05) is 22.8 Å². The van der Waals surface area contributed by atoms with Gasteiger partial charge in [0, 0.05) is 6.07 Å². The third-order valence-corrected chi connectivity index (χ3v) is 5.01. The molecule has 4 rings (SSSR count). The van der Waals surface area contributed by atoms with Crippen molar-refractivity contribution in [2.75, 3.05) is 7.11 Å². The highest BCUT2D eigenvalue weighted by Crippen LogP contribution is 2.44. The molecule has 0 amide bonds. The van der Waals surface area contributed by atoms with Crippen LogP contribution in [0, 0.1) is 11.6 Å². The van der Waals surface area contributed by atoms with Gasteiger partial charge in [0.05, 0.1) is 29.5 Å². The molecule has 1 aliphatic heterocycles. The lowest BCUT2D eigenvalue weighted by molar-refractivity contribution is 0.415. The first-order valence-electron chi connectivity index (χ1n) is 6.79. The minimum absolute atomic E-state index is 0.0846. The molecular formula is C16H12F2N2OS. The molecular weight excluding hydrogens is 306 g/mol. The number of methoxy groups -OCH3 is 1. The molecule has 0 spiro atoms. The third-order valence-electron chi connectivity index (χ3n) is 3.82. The van der Waals surface area contributed by atoms with Crippen molar-refractivity contribution in [1.29, 1.82) is 0 Å². The fourth-order valence-electron chi connectivity index (χ4n) is 2.81. The van der Waals surface area contributed by atoms with E-state index in [1.165, 1.54) is 30.0 Å².